The summed E-state index contributed by atoms with van der Waals surface area (Å²) in [6, 6.07) is 4.06. The van der Waals surface area contributed by atoms with Gasteiger partial charge in [-0.15, -0.1) is 11.3 Å². The van der Waals surface area contributed by atoms with Gasteiger partial charge in [0.2, 0.25) is 0 Å². The first kappa shape index (κ1) is 22.2. The molecule has 2 aromatic heterocycles. The van der Waals surface area contributed by atoms with E-state index in [1.54, 1.807) is 23.1 Å². The third kappa shape index (κ3) is 6.79. The first-order valence-electron chi connectivity index (χ1n) is 9.60. The fourth-order valence-electron chi connectivity index (χ4n) is 2.76. The number of amides is 1. The minimum Gasteiger partial charge on any atom is -0.444 e. The molecule has 2 aromatic rings. The van der Waals surface area contributed by atoms with E-state index in [0.29, 0.717) is 11.6 Å². The fraction of sp³-hybridized carbons (Fsp3) is 0.550. The number of nitrogens with zero attached hydrogens (tertiary/aromatic N) is 3. The number of rotatable bonds is 5. The van der Waals surface area contributed by atoms with Crippen molar-refractivity contribution in [3.63, 3.8) is 0 Å². The lowest BCUT2D eigenvalue weighted by atomic mass is 10.2. The van der Waals surface area contributed by atoms with Gasteiger partial charge in [0.05, 0.1) is 11.4 Å². The maximum absolute atomic E-state index is 12.2. The van der Waals surface area contributed by atoms with Gasteiger partial charge in [-0.3, -0.25) is 5.32 Å². The van der Waals surface area contributed by atoms with Crippen molar-refractivity contribution in [2.24, 2.45) is 0 Å². The Hall–Kier alpha value is -1.45. The molecule has 29 heavy (non-hydrogen) atoms. The van der Waals surface area contributed by atoms with E-state index >= 15 is 0 Å². The van der Waals surface area contributed by atoms with Crippen molar-refractivity contribution in [3.8, 4) is 0 Å². The van der Waals surface area contributed by atoms with E-state index in [1.807, 2.05) is 45.5 Å². The highest BCUT2D eigenvalue weighted by Crippen LogP contribution is 2.31. The van der Waals surface area contributed by atoms with Gasteiger partial charge in [-0.1, -0.05) is 11.8 Å². The highest BCUT2D eigenvalue weighted by Gasteiger charge is 2.19. The summed E-state index contributed by atoms with van der Waals surface area (Å²) in [4.78, 5) is 25.1. The van der Waals surface area contributed by atoms with E-state index in [-0.39, 0.29) is 0 Å². The lowest BCUT2D eigenvalue weighted by molar-refractivity contribution is 0.0635. The molecular weight excluding hydrogens is 424 g/mol. The molecule has 0 aliphatic carbocycles. The average Bonchev–Trinajstić information content (AvgIpc) is 2.97. The molecule has 0 atom stereocenters. The predicted octanol–water partition coefficient (Wildman–Crippen LogP) is 5.35. The number of thioether (sulfide) groups is 2. The number of hydrogen-bond donors (Lipinski definition) is 1. The number of thiazole rings is 1. The lowest BCUT2D eigenvalue weighted by Crippen LogP contribution is -2.32. The Morgan fingerprint density at radius 2 is 1.97 bits per heavy atom. The topological polar surface area (TPSA) is 67.4 Å². The Kier molecular flexibility index (Phi) is 7.34. The van der Waals surface area contributed by atoms with Gasteiger partial charge in [0.25, 0.3) is 0 Å². The van der Waals surface area contributed by atoms with Gasteiger partial charge in [0, 0.05) is 47.0 Å². The van der Waals surface area contributed by atoms with Gasteiger partial charge < -0.3 is 9.64 Å². The fourth-order valence-corrected chi connectivity index (χ4v) is 5.71. The minimum atomic E-state index is -0.551. The van der Waals surface area contributed by atoms with Gasteiger partial charge in [-0.25, -0.2) is 14.8 Å². The summed E-state index contributed by atoms with van der Waals surface area (Å²) >= 11 is 5.36. The normalized spacial score (nSPS) is 14.7. The Bertz CT molecular complexity index is 838. The summed E-state index contributed by atoms with van der Waals surface area (Å²) in [7, 11) is 0. The number of carbonyl (C=O) groups excluding carboxylic acids is 1. The Morgan fingerprint density at radius 3 is 2.59 bits per heavy atom. The molecule has 0 saturated carbocycles. The second-order valence-corrected chi connectivity index (χ2v) is 11.5. The Balaban J connectivity index is 1.78. The van der Waals surface area contributed by atoms with Crippen LogP contribution in [0.25, 0.3) is 0 Å². The Labute approximate surface area is 185 Å². The summed E-state index contributed by atoms with van der Waals surface area (Å²) in [5.74, 6) is 3.45. The van der Waals surface area contributed by atoms with Crippen molar-refractivity contribution in [1.82, 2.24) is 9.97 Å². The van der Waals surface area contributed by atoms with Crippen LogP contribution in [0.2, 0.25) is 0 Å². The van der Waals surface area contributed by atoms with Crippen LogP contribution in [0.4, 0.5) is 16.3 Å². The smallest absolute Gasteiger partial charge is 0.413 e. The van der Waals surface area contributed by atoms with Crippen LogP contribution < -0.4 is 10.2 Å². The molecule has 0 bridgehead atoms. The van der Waals surface area contributed by atoms with Crippen molar-refractivity contribution in [1.29, 1.82) is 0 Å². The van der Waals surface area contributed by atoms with Crippen LogP contribution in [0.15, 0.2) is 16.5 Å². The number of carbonyl (C=O) groups is 1. The quantitative estimate of drug-likeness (QED) is 0.614. The summed E-state index contributed by atoms with van der Waals surface area (Å²) in [6.07, 6.45) is -0.485. The molecule has 1 amide bonds. The second kappa shape index (κ2) is 9.57. The van der Waals surface area contributed by atoms with Crippen molar-refractivity contribution in [2.45, 2.75) is 50.3 Å². The zero-order valence-corrected chi connectivity index (χ0v) is 20.0. The van der Waals surface area contributed by atoms with Crippen LogP contribution >= 0.6 is 34.9 Å². The lowest BCUT2D eigenvalue weighted by Gasteiger charge is -2.29. The number of ether oxygens (including phenoxy) is 1. The van der Waals surface area contributed by atoms with Gasteiger partial charge in [-0.05, 0) is 40.7 Å². The monoisotopic (exact) mass is 452 g/mol. The Morgan fingerprint density at radius 1 is 1.24 bits per heavy atom. The maximum atomic E-state index is 12.2. The number of anilines is 2. The standard InChI is InChI=1S/C20H28N4O2S3/c1-13-14(2)29-19(21-13)28-12-15-10-16(24-6-8-27-9-7-24)11-17(22-15)23-18(25)26-20(3,4)5/h10-11H,6-9,12H2,1-5H3,(H,22,23,25). The zero-order valence-electron chi connectivity index (χ0n) is 17.6. The summed E-state index contributed by atoms with van der Waals surface area (Å²) in [5, 5.41) is 2.80. The van der Waals surface area contributed by atoms with E-state index < -0.39 is 11.7 Å². The van der Waals surface area contributed by atoms with Crippen molar-refractivity contribution < 1.29 is 9.53 Å². The van der Waals surface area contributed by atoms with Crippen LogP contribution in [0.3, 0.4) is 0 Å². The molecule has 1 saturated heterocycles. The van der Waals surface area contributed by atoms with Crippen molar-refractivity contribution >= 4 is 52.5 Å². The predicted molar refractivity (Wildman–Crippen MR) is 125 cm³/mol. The molecule has 0 radical (unpaired) electrons. The highest BCUT2D eigenvalue weighted by molar-refractivity contribution is 8.00. The van der Waals surface area contributed by atoms with E-state index in [9.17, 15) is 4.79 Å². The molecule has 0 spiro atoms. The first-order chi connectivity index (χ1) is 13.7. The van der Waals surface area contributed by atoms with Crippen LogP contribution in [0, 0.1) is 13.8 Å². The van der Waals surface area contributed by atoms with E-state index in [1.165, 1.54) is 4.88 Å². The molecule has 1 aliphatic heterocycles. The van der Waals surface area contributed by atoms with Crippen LogP contribution in [0.1, 0.15) is 37.0 Å². The minimum absolute atomic E-state index is 0.485. The number of nitrogens with one attached hydrogen (secondary N) is 1. The zero-order chi connectivity index (χ0) is 21.0. The van der Waals surface area contributed by atoms with E-state index in [0.717, 1.165) is 46.0 Å². The molecule has 1 fully saturated rings. The molecule has 3 rings (SSSR count). The first-order valence-corrected chi connectivity index (χ1v) is 12.6. The van der Waals surface area contributed by atoms with E-state index in [4.69, 9.17) is 4.74 Å². The SMILES string of the molecule is Cc1nc(SCc2cc(N3CCSCC3)cc(NC(=O)OC(C)(C)C)n2)sc1C. The van der Waals surface area contributed by atoms with Crippen LogP contribution in [-0.2, 0) is 10.5 Å². The van der Waals surface area contributed by atoms with E-state index in [2.05, 4.69) is 33.2 Å². The molecule has 9 heteroatoms. The maximum Gasteiger partial charge on any atom is 0.413 e. The average molecular weight is 453 g/mol. The van der Waals surface area contributed by atoms with Crippen LogP contribution in [0.5, 0.6) is 0 Å². The third-order valence-corrected chi connectivity index (χ3v) is 7.41. The highest BCUT2D eigenvalue weighted by atomic mass is 32.2. The number of pyridine rings is 1. The van der Waals surface area contributed by atoms with Gasteiger partial charge in [0.1, 0.15) is 11.4 Å². The van der Waals surface area contributed by atoms with Gasteiger partial charge >= 0.3 is 6.09 Å². The number of aromatic nitrogens is 2. The largest absolute Gasteiger partial charge is 0.444 e. The van der Waals surface area contributed by atoms with Crippen molar-refractivity contribution in [2.75, 3.05) is 34.8 Å². The second-order valence-electron chi connectivity index (χ2n) is 7.84. The number of hydrogen-bond acceptors (Lipinski definition) is 8. The van der Waals surface area contributed by atoms with Crippen molar-refractivity contribution in [3.05, 3.63) is 28.4 Å². The molecule has 0 unspecified atom stereocenters. The molecule has 3 heterocycles. The molecule has 1 N–H and O–H groups in total. The molecule has 6 nitrogen and oxygen atoms in total. The summed E-state index contributed by atoms with van der Waals surface area (Å²) in [6.45, 7) is 11.7. The molecule has 158 valence electrons. The molecular formula is C20H28N4O2S3. The summed E-state index contributed by atoms with van der Waals surface area (Å²) in [5.41, 5.74) is 2.54. The van der Waals surface area contributed by atoms with Crippen LogP contribution in [-0.4, -0.2) is 46.3 Å². The molecule has 0 aromatic carbocycles. The summed E-state index contributed by atoms with van der Waals surface area (Å²) < 4.78 is 6.44. The molecule has 1 aliphatic rings. The van der Waals surface area contributed by atoms with Gasteiger partial charge in [-0.2, -0.15) is 11.8 Å². The number of aryl methyl sites for hydroxylation is 2. The van der Waals surface area contributed by atoms with Gasteiger partial charge in [0.15, 0.2) is 4.34 Å². The third-order valence-electron chi connectivity index (χ3n) is 4.22.